The first-order valence-corrected chi connectivity index (χ1v) is 9.19. The summed E-state index contributed by atoms with van der Waals surface area (Å²) in [4.78, 5) is 23.7. The van der Waals surface area contributed by atoms with Gasteiger partial charge >= 0.3 is 6.18 Å². The maximum absolute atomic E-state index is 12.6. The van der Waals surface area contributed by atoms with Crippen molar-refractivity contribution in [3.63, 3.8) is 0 Å². The van der Waals surface area contributed by atoms with Gasteiger partial charge in [0.2, 0.25) is 11.8 Å². The van der Waals surface area contributed by atoms with Crippen LogP contribution in [-0.4, -0.2) is 33.6 Å². The molecule has 1 aliphatic rings. The number of hydrogen-bond donors (Lipinski definition) is 2. The fourth-order valence-corrected chi connectivity index (χ4v) is 3.42. The molecule has 9 heteroatoms. The van der Waals surface area contributed by atoms with Gasteiger partial charge in [0.25, 0.3) is 0 Å². The van der Waals surface area contributed by atoms with Crippen LogP contribution in [0.15, 0.2) is 42.9 Å². The second-order valence-electron chi connectivity index (χ2n) is 7.15. The molecule has 1 amide bonds. The minimum Gasteiger partial charge on any atom is -0.467 e. The van der Waals surface area contributed by atoms with Crippen LogP contribution in [-0.2, 0) is 4.79 Å². The first-order chi connectivity index (χ1) is 13.8. The molecule has 2 N–H and O–H groups in total. The highest BCUT2D eigenvalue weighted by Gasteiger charge is 2.45. The van der Waals surface area contributed by atoms with Gasteiger partial charge in [-0.05, 0) is 36.3 Å². The van der Waals surface area contributed by atoms with Gasteiger partial charge in [-0.25, -0.2) is 4.98 Å². The zero-order valence-electron chi connectivity index (χ0n) is 15.5. The van der Waals surface area contributed by atoms with Gasteiger partial charge in [-0.1, -0.05) is 18.2 Å². The Labute approximate surface area is 164 Å². The maximum Gasteiger partial charge on any atom is 0.422 e. The summed E-state index contributed by atoms with van der Waals surface area (Å²) in [7, 11) is 0. The number of nitrogens with one attached hydrogen (secondary N) is 2. The minimum atomic E-state index is -4.44. The normalized spacial score (nSPS) is 19.7. The number of aromatic amines is 1. The zero-order valence-corrected chi connectivity index (χ0v) is 15.5. The highest BCUT2D eigenvalue weighted by atomic mass is 19.4. The molecule has 1 fully saturated rings. The van der Waals surface area contributed by atoms with Crippen molar-refractivity contribution in [1.82, 2.24) is 20.3 Å². The highest BCUT2D eigenvalue weighted by molar-refractivity contribution is 5.87. The molecule has 3 atom stereocenters. The van der Waals surface area contributed by atoms with E-state index in [0.29, 0.717) is 5.69 Å². The smallest absolute Gasteiger partial charge is 0.422 e. The van der Waals surface area contributed by atoms with E-state index in [2.05, 4.69) is 25.0 Å². The van der Waals surface area contributed by atoms with E-state index in [-0.39, 0.29) is 23.6 Å². The molecule has 4 rings (SSSR count). The molecule has 1 saturated carbocycles. The van der Waals surface area contributed by atoms with E-state index >= 15 is 0 Å². The number of nitrogens with zero attached hydrogens (tertiary/aromatic N) is 2. The first-order valence-electron chi connectivity index (χ1n) is 9.19. The van der Waals surface area contributed by atoms with Crippen LogP contribution >= 0.6 is 0 Å². The number of carbonyl (C=O) groups is 1. The van der Waals surface area contributed by atoms with Crippen molar-refractivity contribution in [2.24, 2.45) is 5.92 Å². The van der Waals surface area contributed by atoms with E-state index in [4.69, 9.17) is 0 Å². The monoisotopic (exact) mass is 404 g/mol. The molecular formula is C20H19F3N4O2. The van der Waals surface area contributed by atoms with Gasteiger partial charge < -0.3 is 15.0 Å². The summed E-state index contributed by atoms with van der Waals surface area (Å²) >= 11 is 0. The maximum atomic E-state index is 12.6. The first kappa shape index (κ1) is 19.2. The lowest BCUT2D eigenvalue weighted by Gasteiger charge is -2.14. The summed E-state index contributed by atoms with van der Waals surface area (Å²) in [6, 6.07) is 7.62. The fourth-order valence-electron chi connectivity index (χ4n) is 3.42. The van der Waals surface area contributed by atoms with Crippen molar-refractivity contribution in [3.05, 3.63) is 54.1 Å². The summed E-state index contributed by atoms with van der Waals surface area (Å²) in [6.07, 6.45) is 0.643. The van der Waals surface area contributed by atoms with Crippen molar-refractivity contribution < 1.29 is 22.7 Å². The highest BCUT2D eigenvalue weighted by Crippen LogP contribution is 2.49. The Morgan fingerprint density at radius 2 is 2.14 bits per heavy atom. The summed E-state index contributed by atoms with van der Waals surface area (Å²) in [5.41, 5.74) is 2.63. The molecule has 1 aliphatic carbocycles. The lowest BCUT2D eigenvalue weighted by Crippen LogP contribution is -2.29. The molecule has 152 valence electrons. The molecule has 6 nitrogen and oxygen atoms in total. The van der Waals surface area contributed by atoms with Crippen LogP contribution in [0.25, 0.3) is 10.9 Å². The molecule has 2 heterocycles. The van der Waals surface area contributed by atoms with E-state index in [1.807, 2.05) is 30.5 Å². The van der Waals surface area contributed by atoms with Crippen molar-refractivity contribution >= 4 is 16.8 Å². The summed E-state index contributed by atoms with van der Waals surface area (Å²) in [5.74, 6) is -0.251. The van der Waals surface area contributed by atoms with E-state index in [9.17, 15) is 18.0 Å². The zero-order chi connectivity index (χ0) is 20.6. The van der Waals surface area contributed by atoms with Crippen LogP contribution in [0.4, 0.5) is 13.2 Å². The average Bonchev–Trinajstić information content (AvgIpc) is 3.34. The third kappa shape index (κ3) is 4.33. The quantitative estimate of drug-likeness (QED) is 0.654. The standard InChI is InChI=1S/C20H19F3N4O2/c1-11(16-8-26-17(9-25-16)29-10-20(21,22)23)27-19(28)15-7-14(15)13-4-2-3-12-5-6-24-18(12)13/h2-6,8-9,11,14-15,24H,7,10H2,1H3,(H,27,28)/t11?,14-,15+/m0/s1. The second kappa shape index (κ2) is 7.38. The molecule has 1 unspecified atom stereocenters. The van der Waals surface area contributed by atoms with Gasteiger partial charge in [-0.15, -0.1) is 0 Å². The van der Waals surface area contributed by atoms with E-state index in [1.165, 1.54) is 6.20 Å². The number of hydrogen-bond acceptors (Lipinski definition) is 4. The lowest BCUT2D eigenvalue weighted by atomic mass is 10.1. The Morgan fingerprint density at radius 1 is 1.31 bits per heavy atom. The number of carbonyl (C=O) groups excluding carboxylic acids is 1. The number of halogens is 3. The Morgan fingerprint density at radius 3 is 2.86 bits per heavy atom. The third-order valence-corrected chi connectivity index (χ3v) is 4.98. The molecule has 2 aromatic heterocycles. The van der Waals surface area contributed by atoms with E-state index in [1.54, 1.807) is 6.92 Å². The lowest BCUT2D eigenvalue weighted by molar-refractivity contribution is -0.154. The fraction of sp³-hybridized carbons (Fsp3) is 0.350. The average molecular weight is 404 g/mol. The number of benzene rings is 1. The minimum absolute atomic E-state index is 0.0785. The van der Waals surface area contributed by atoms with Crippen LogP contribution in [0, 0.1) is 5.92 Å². The van der Waals surface area contributed by atoms with Gasteiger partial charge in [0.05, 0.1) is 24.1 Å². The molecule has 0 bridgehead atoms. The van der Waals surface area contributed by atoms with Crippen molar-refractivity contribution in [2.75, 3.05) is 6.61 Å². The SMILES string of the molecule is CC(NC(=O)[C@@H]1C[C@H]1c1cccc2cc[nH]c12)c1cnc(OCC(F)(F)F)cn1. The van der Waals surface area contributed by atoms with Crippen LogP contribution in [0.1, 0.15) is 36.6 Å². The number of para-hydroxylation sites is 1. The van der Waals surface area contributed by atoms with Gasteiger partial charge in [-0.3, -0.25) is 9.78 Å². The number of fused-ring (bicyclic) bond motifs is 1. The van der Waals surface area contributed by atoms with Gasteiger partial charge in [0.1, 0.15) is 0 Å². The van der Waals surface area contributed by atoms with Gasteiger partial charge in [0, 0.05) is 17.6 Å². The number of alkyl halides is 3. The molecule has 29 heavy (non-hydrogen) atoms. The molecular weight excluding hydrogens is 385 g/mol. The molecule has 0 spiro atoms. The number of amides is 1. The van der Waals surface area contributed by atoms with Crippen molar-refractivity contribution in [1.29, 1.82) is 0 Å². The van der Waals surface area contributed by atoms with Crippen LogP contribution in [0.5, 0.6) is 5.88 Å². The molecule has 1 aromatic carbocycles. The number of ether oxygens (including phenoxy) is 1. The number of aromatic nitrogens is 3. The summed E-state index contributed by atoms with van der Waals surface area (Å²) in [5, 5.41) is 4.02. The molecule has 0 aliphatic heterocycles. The molecule has 0 radical (unpaired) electrons. The van der Waals surface area contributed by atoms with Crippen LogP contribution in [0.3, 0.4) is 0 Å². The molecule has 0 saturated heterocycles. The Balaban J connectivity index is 1.35. The van der Waals surface area contributed by atoms with Gasteiger partial charge in [-0.2, -0.15) is 13.2 Å². The third-order valence-electron chi connectivity index (χ3n) is 4.98. The predicted octanol–water partition coefficient (Wildman–Crippen LogP) is 3.88. The Hall–Kier alpha value is -3.10. The van der Waals surface area contributed by atoms with Crippen LogP contribution < -0.4 is 10.1 Å². The van der Waals surface area contributed by atoms with Crippen molar-refractivity contribution in [3.8, 4) is 5.88 Å². The van der Waals surface area contributed by atoms with Crippen molar-refractivity contribution in [2.45, 2.75) is 31.5 Å². The van der Waals surface area contributed by atoms with E-state index in [0.717, 1.165) is 29.1 Å². The largest absolute Gasteiger partial charge is 0.467 e. The topological polar surface area (TPSA) is 79.9 Å². The number of rotatable bonds is 6. The Bertz CT molecular complexity index is 1020. The number of H-pyrrole nitrogens is 1. The predicted molar refractivity (Wildman–Crippen MR) is 99.3 cm³/mol. The Kier molecular flexibility index (Phi) is 4.89. The summed E-state index contributed by atoms with van der Waals surface area (Å²) in [6.45, 7) is 0.325. The van der Waals surface area contributed by atoms with E-state index < -0.39 is 18.8 Å². The van der Waals surface area contributed by atoms with Gasteiger partial charge in [0.15, 0.2) is 6.61 Å². The molecule has 3 aromatic rings. The van der Waals surface area contributed by atoms with Crippen LogP contribution in [0.2, 0.25) is 0 Å². The summed E-state index contributed by atoms with van der Waals surface area (Å²) < 4.78 is 41.1. The second-order valence-corrected chi connectivity index (χ2v) is 7.15.